The molecule has 6 nitrogen and oxygen atoms in total. The molecule has 0 fully saturated rings. The third kappa shape index (κ3) is 5.50. The first kappa shape index (κ1) is 18.3. The molecule has 0 atom stereocenters. The lowest BCUT2D eigenvalue weighted by Gasteiger charge is -2.27. The Kier molecular flexibility index (Phi) is 5.22. The summed E-state index contributed by atoms with van der Waals surface area (Å²) >= 11 is 0. The molecule has 1 aromatic carbocycles. The van der Waals surface area contributed by atoms with Crippen molar-refractivity contribution in [2.75, 3.05) is 5.01 Å². The van der Waals surface area contributed by atoms with E-state index in [1.54, 1.807) is 6.07 Å². The molecule has 0 unspecified atom stereocenters. The zero-order valence-electron chi connectivity index (χ0n) is 12.6. The number of hydrazine groups is 1. The zero-order valence-corrected chi connectivity index (χ0v) is 12.6. The fourth-order valence-corrected chi connectivity index (χ4v) is 1.40. The van der Waals surface area contributed by atoms with Crippen molar-refractivity contribution in [3.8, 4) is 6.07 Å². The van der Waals surface area contributed by atoms with Crippen molar-refractivity contribution in [3.05, 3.63) is 29.8 Å². The molecule has 0 heterocycles. The molecule has 1 N–H and O–H groups in total. The van der Waals surface area contributed by atoms with Crippen LogP contribution in [0.25, 0.3) is 0 Å². The number of rotatable bonds is 1. The molecule has 0 saturated heterocycles. The monoisotopic (exact) mass is 329 g/mol. The maximum Gasteiger partial charge on any atom is 0.472 e. The quantitative estimate of drug-likeness (QED) is 0.803. The number of hydrogen-bond acceptors (Lipinski definition) is 4. The van der Waals surface area contributed by atoms with Gasteiger partial charge in [0.2, 0.25) is 0 Å². The SMILES string of the molecule is CC(C)(C)OC(=O)N(NC(=O)C(F)(F)F)c1cccc(C#N)c1. The van der Waals surface area contributed by atoms with Crippen LogP contribution in [0.2, 0.25) is 0 Å². The molecule has 1 rings (SSSR count). The highest BCUT2D eigenvalue weighted by Gasteiger charge is 2.41. The molecule has 124 valence electrons. The van der Waals surface area contributed by atoms with Gasteiger partial charge in [-0.1, -0.05) is 6.07 Å². The van der Waals surface area contributed by atoms with E-state index in [1.165, 1.54) is 44.4 Å². The Morgan fingerprint density at radius 3 is 2.35 bits per heavy atom. The average molecular weight is 329 g/mol. The van der Waals surface area contributed by atoms with Crippen LogP contribution in [-0.4, -0.2) is 23.8 Å². The number of carbonyl (C=O) groups is 2. The summed E-state index contributed by atoms with van der Waals surface area (Å²) in [6.07, 6.45) is -6.40. The summed E-state index contributed by atoms with van der Waals surface area (Å²) in [5, 5.41) is 9.14. The highest BCUT2D eigenvalue weighted by atomic mass is 19.4. The number of benzene rings is 1. The number of nitrogens with one attached hydrogen (secondary N) is 1. The van der Waals surface area contributed by atoms with Gasteiger partial charge in [0.25, 0.3) is 0 Å². The molecule has 0 aliphatic rings. The van der Waals surface area contributed by atoms with Crippen LogP contribution < -0.4 is 10.4 Å². The fraction of sp³-hybridized carbons (Fsp3) is 0.357. The summed E-state index contributed by atoms with van der Waals surface area (Å²) in [6, 6.07) is 6.91. The van der Waals surface area contributed by atoms with Crippen LogP contribution in [0.5, 0.6) is 0 Å². The van der Waals surface area contributed by atoms with Crippen molar-refractivity contribution in [3.63, 3.8) is 0 Å². The number of nitrogens with zero attached hydrogens (tertiary/aromatic N) is 2. The topological polar surface area (TPSA) is 82.4 Å². The summed E-state index contributed by atoms with van der Waals surface area (Å²) < 4.78 is 42.2. The van der Waals surface area contributed by atoms with E-state index < -0.39 is 23.8 Å². The van der Waals surface area contributed by atoms with E-state index in [0.717, 1.165) is 6.07 Å². The predicted molar refractivity (Wildman–Crippen MR) is 74.1 cm³/mol. The van der Waals surface area contributed by atoms with Crippen molar-refractivity contribution in [1.82, 2.24) is 5.43 Å². The van der Waals surface area contributed by atoms with E-state index in [2.05, 4.69) is 0 Å². The highest BCUT2D eigenvalue weighted by molar-refractivity contribution is 5.94. The van der Waals surface area contributed by atoms with Crippen LogP contribution in [0, 0.1) is 11.3 Å². The van der Waals surface area contributed by atoms with E-state index in [-0.39, 0.29) is 11.3 Å². The minimum absolute atomic E-state index is 0.0947. The number of alkyl halides is 3. The second-order valence-corrected chi connectivity index (χ2v) is 5.42. The Morgan fingerprint density at radius 2 is 1.87 bits per heavy atom. The molecular weight excluding hydrogens is 315 g/mol. The maximum atomic E-state index is 12.4. The molecule has 0 spiro atoms. The Hall–Kier alpha value is -2.76. The van der Waals surface area contributed by atoms with Crippen LogP contribution in [0.1, 0.15) is 26.3 Å². The van der Waals surface area contributed by atoms with Crippen LogP contribution >= 0.6 is 0 Å². The first-order valence-electron chi connectivity index (χ1n) is 6.35. The number of anilines is 1. The number of halogens is 3. The predicted octanol–water partition coefficient (Wildman–Crippen LogP) is 2.89. The van der Waals surface area contributed by atoms with Gasteiger partial charge in [0.1, 0.15) is 5.60 Å². The van der Waals surface area contributed by atoms with Gasteiger partial charge in [0.05, 0.1) is 17.3 Å². The Bertz CT molecular complexity index is 645. The second kappa shape index (κ2) is 6.56. The van der Waals surface area contributed by atoms with Gasteiger partial charge >= 0.3 is 18.2 Å². The lowest BCUT2D eigenvalue weighted by Crippen LogP contribution is -2.52. The van der Waals surface area contributed by atoms with Crippen molar-refractivity contribution >= 4 is 17.7 Å². The lowest BCUT2D eigenvalue weighted by molar-refractivity contribution is -0.173. The van der Waals surface area contributed by atoms with Crippen molar-refractivity contribution in [2.24, 2.45) is 0 Å². The van der Waals surface area contributed by atoms with Gasteiger partial charge in [-0.25, -0.2) is 10.2 Å². The third-order valence-electron chi connectivity index (χ3n) is 2.28. The van der Waals surface area contributed by atoms with E-state index >= 15 is 0 Å². The number of hydrogen-bond donors (Lipinski definition) is 1. The average Bonchev–Trinajstić information content (AvgIpc) is 2.41. The number of ether oxygens (including phenoxy) is 1. The summed E-state index contributed by atoms with van der Waals surface area (Å²) in [4.78, 5) is 23.2. The van der Waals surface area contributed by atoms with E-state index in [0.29, 0.717) is 5.01 Å². The molecule has 0 bridgehead atoms. The van der Waals surface area contributed by atoms with Crippen molar-refractivity contribution in [2.45, 2.75) is 32.5 Å². The summed E-state index contributed by atoms with van der Waals surface area (Å²) in [7, 11) is 0. The van der Waals surface area contributed by atoms with E-state index in [1.807, 2.05) is 0 Å². The molecular formula is C14H14F3N3O3. The molecule has 0 aliphatic heterocycles. The van der Waals surface area contributed by atoms with Crippen LogP contribution in [-0.2, 0) is 9.53 Å². The van der Waals surface area contributed by atoms with Gasteiger partial charge in [-0.2, -0.15) is 23.4 Å². The standard InChI is InChI=1S/C14H14F3N3O3/c1-13(2,3)23-12(22)20(19-11(21)14(15,16)17)10-6-4-5-9(7-10)8-18/h4-7H,1-3H3,(H,19,21). The van der Waals surface area contributed by atoms with Crippen LogP contribution in [0.4, 0.5) is 23.7 Å². The summed E-state index contributed by atoms with van der Waals surface area (Å²) in [5.41, 5.74) is 0.390. The molecule has 0 aromatic heterocycles. The van der Waals surface area contributed by atoms with Gasteiger partial charge in [-0.3, -0.25) is 4.79 Å². The smallest absolute Gasteiger partial charge is 0.442 e. The third-order valence-corrected chi connectivity index (χ3v) is 2.28. The second-order valence-electron chi connectivity index (χ2n) is 5.42. The molecule has 0 saturated carbocycles. The van der Waals surface area contributed by atoms with E-state index in [4.69, 9.17) is 10.00 Å². The van der Waals surface area contributed by atoms with Crippen molar-refractivity contribution < 1.29 is 27.5 Å². The molecule has 23 heavy (non-hydrogen) atoms. The first-order chi connectivity index (χ1) is 10.4. The lowest BCUT2D eigenvalue weighted by atomic mass is 10.2. The maximum absolute atomic E-state index is 12.4. The number of carbonyl (C=O) groups excluding carboxylic acids is 2. The minimum Gasteiger partial charge on any atom is -0.442 e. The molecule has 0 aliphatic carbocycles. The summed E-state index contributed by atoms with van der Waals surface area (Å²) in [5.74, 6) is -2.34. The largest absolute Gasteiger partial charge is 0.472 e. The van der Waals surface area contributed by atoms with Gasteiger partial charge in [-0.15, -0.1) is 0 Å². The summed E-state index contributed by atoms with van der Waals surface area (Å²) in [6.45, 7) is 4.54. The fourth-order valence-electron chi connectivity index (χ4n) is 1.40. The van der Waals surface area contributed by atoms with Crippen LogP contribution in [0.3, 0.4) is 0 Å². The van der Waals surface area contributed by atoms with E-state index in [9.17, 15) is 22.8 Å². The molecule has 2 amide bonds. The number of amides is 2. The minimum atomic E-state index is -5.19. The Labute approximate surface area is 130 Å². The van der Waals surface area contributed by atoms with Crippen molar-refractivity contribution in [1.29, 1.82) is 5.26 Å². The van der Waals surface area contributed by atoms with Gasteiger partial charge < -0.3 is 4.74 Å². The molecule has 0 radical (unpaired) electrons. The van der Waals surface area contributed by atoms with Gasteiger partial charge in [0.15, 0.2) is 0 Å². The number of nitriles is 1. The molecule has 1 aromatic rings. The Balaban J connectivity index is 3.18. The highest BCUT2D eigenvalue weighted by Crippen LogP contribution is 2.20. The normalized spacial score (nSPS) is 11.3. The Morgan fingerprint density at radius 1 is 1.26 bits per heavy atom. The molecule has 9 heteroatoms. The van der Waals surface area contributed by atoms with Gasteiger partial charge in [-0.05, 0) is 39.0 Å². The van der Waals surface area contributed by atoms with Crippen LogP contribution in [0.15, 0.2) is 24.3 Å². The first-order valence-corrected chi connectivity index (χ1v) is 6.35. The zero-order chi connectivity index (χ0) is 17.8. The van der Waals surface area contributed by atoms with Gasteiger partial charge in [0, 0.05) is 0 Å².